The summed E-state index contributed by atoms with van der Waals surface area (Å²) >= 11 is 0. The standard InChI is InChI=1S/C22H40N4O3/c1-15(2)18(23-21(29)24-22(4,5)6)20(28)25-12-13-26(16(3)14-25)19(27)17-10-8-7-9-11-17/h15-18H,7-14H2,1-6H3,(H2,23,24,29). The largest absolute Gasteiger partial charge is 0.337 e. The number of urea groups is 1. The van der Waals surface area contributed by atoms with Crippen molar-refractivity contribution < 1.29 is 14.4 Å². The minimum absolute atomic E-state index is 0.00154. The van der Waals surface area contributed by atoms with Gasteiger partial charge < -0.3 is 20.4 Å². The van der Waals surface area contributed by atoms with Crippen molar-refractivity contribution in [1.82, 2.24) is 20.4 Å². The van der Waals surface area contributed by atoms with Crippen molar-refractivity contribution in [2.24, 2.45) is 11.8 Å². The third-order valence-electron chi connectivity index (χ3n) is 5.88. The van der Waals surface area contributed by atoms with Gasteiger partial charge in [-0.3, -0.25) is 9.59 Å². The fourth-order valence-corrected chi connectivity index (χ4v) is 4.30. The zero-order valence-electron chi connectivity index (χ0n) is 19.1. The number of piperazine rings is 1. The molecule has 4 amide bonds. The smallest absolute Gasteiger partial charge is 0.315 e. The maximum Gasteiger partial charge on any atom is 0.315 e. The Balaban J connectivity index is 1.96. The molecule has 7 nitrogen and oxygen atoms in total. The van der Waals surface area contributed by atoms with Gasteiger partial charge in [-0.15, -0.1) is 0 Å². The van der Waals surface area contributed by atoms with Crippen LogP contribution in [-0.4, -0.2) is 64.9 Å². The van der Waals surface area contributed by atoms with Crippen LogP contribution in [0.4, 0.5) is 4.79 Å². The Hall–Kier alpha value is -1.79. The molecule has 0 aromatic carbocycles. The van der Waals surface area contributed by atoms with E-state index in [2.05, 4.69) is 10.6 Å². The first-order chi connectivity index (χ1) is 13.5. The quantitative estimate of drug-likeness (QED) is 0.750. The predicted molar refractivity (Wildman–Crippen MR) is 114 cm³/mol. The molecule has 1 aliphatic carbocycles. The maximum absolute atomic E-state index is 13.1. The zero-order chi connectivity index (χ0) is 21.8. The second kappa shape index (κ2) is 9.81. The summed E-state index contributed by atoms with van der Waals surface area (Å²) in [7, 11) is 0. The first-order valence-electron chi connectivity index (χ1n) is 11.2. The summed E-state index contributed by atoms with van der Waals surface area (Å²) in [6, 6.07) is -0.910. The lowest BCUT2D eigenvalue weighted by Crippen LogP contribution is -2.61. The van der Waals surface area contributed by atoms with Crippen molar-refractivity contribution in [2.75, 3.05) is 19.6 Å². The van der Waals surface area contributed by atoms with E-state index in [9.17, 15) is 14.4 Å². The number of rotatable bonds is 4. The minimum Gasteiger partial charge on any atom is -0.337 e. The van der Waals surface area contributed by atoms with Crippen LogP contribution in [0.15, 0.2) is 0 Å². The first kappa shape index (κ1) is 23.5. The molecule has 0 radical (unpaired) electrons. The molecule has 2 rings (SSSR count). The van der Waals surface area contributed by atoms with Gasteiger partial charge in [0.1, 0.15) is 6.04 Å². The van der Waals surface area contributed by atoms with Crippen LogP contribution in [0.5, 0.6) is 0 Å². The molecule has 2 aliphatic rings. The van der Waals surface area contributed by atoms with E-state index in [1.54, 1.807) is 4.90 Å². The Morgan fingerprint density at radius 3 is 2.14 bits per heavy atom. The Bertz CT molecular complexity index is 593. The molecular formula is C22H40N4O3. The van der Waals surface area contributed by atoms with Gasteiger partial charge in [0.25, 0.3) is 0 Å². The molecule has 2 unspecified atom stereocenters. The fraction of sp³-hybridized carbons (Fsp3) is 0.864. The summed E-state index contributed by atoms with van der Waals surface area (Å²) in [6.45, 7) is 13.2. The van der Waals surface area contributed by atoms with E-state index < -0.39 is 6.04 Å². The summed E-state index contributed by atoms with van der Waals surface area (Å²) in [5, 5.41) is 5.70. The monoisotopic (exact) mass is 408 g/mol. The molecule has 2 fully saturated rings. The molecule has 0 aromatic rings. The number of amides is 4. The van der Waals surface area contributed by atoms with Crippen molar-refractivity contribution in [3.63, 3.8) is 0 Å². The summed E-state index contributed by atoms with van der Waals surface area (Å²) < 4.78 is 0. The molecule has 0 spiro atoms. The number of nitrogens with one attached hydrogen (secondary N) is 2. The summed E-state index contributed by atoms with van der Waals surface area (Å²) in [5.41, 5.74) is -0.367. The molecule has 1 aliphatic heterocycles. The highest BCUT2D eigenvalue weighted by Gasteiger charge is 2.36. The van der Waals surface area contributed by atoms with Gasteiger partial charge >= 0.3 is 6.03 Å². The highest BCUT2D eigenvalue weighted by Crippen LogP contribution is 2.27. The normalized spacial score (nSPS) is 22.4. The van der Waals surface area contributed by atoms with Crippen LogP contribution in [0.3, 0.4) is 0 Å². The predicted octanol–water partition coefficient (Wildman–Crippen LogP) is 2.75. The molecule has 1 heterocycles. The van der Waals surface area contributed by atoms with Gasteiger partial charge in [-0.05, 0) is 46.5 Å². The van der Waals surface area contributed by atoms with Crippen LogP contribution in [0.1, 0.15) is 73.6 Å². The molecule has 1 saturated carbocycles. The topological polar surface area (TPSA) is 81.8 Å². The summed E-state index contributed by atoms with van der Waals surface area (Å²) in [4.78, 5) is 42.1. The van der Waals surface area contributed by atoms with Gasteiger partial charge in [-0.2, -0.15) is 0 Å². The maximum atomic E-state index is 13.1. The Morgan fingerprint density at radius 1 is 1.00 bits per heavy atom. The van der Waals surface area contributed by atoms with Crippen LogP contribution in [0.2, 0.25) is 0 Å². The molecule has 1 saturated heterocycles. The highest BCUT2D eigenvalue weighted by atomic mass is 16.2. The van der Waals surface area contributed by atoms with E-state index in [-0.39, 0.29) is 41.3 Å². The van der Waals surface area contributed by atoms with Crippen LogP contribution < -0.4 is 10.6 Å². The van der Waals surface area contributed by atoms with E-state index in [4.69, 9.17) is 0 Å². The lowest BCUT2D eigenvalue weighted by Gasteiger charge is -2.43. The van der Waals surface area contributed by atoms with Crippen molar-refractivity contribution >= 4 is 17.8 Å². The van der Waals surface area contributed by atoms with Crippen molar-refractivity contribution in [2.45, 2.75) is 91.3 Å². The Labute approximate surface area is 175 Å². The van der Waals surface area contributed by atoms with Crippen molar-refractivity contribution in [1.29, 1.82) is 0 Å². The van der Waals surface area contributed by atoms with Gasteiger partial charge in [0.15, 0.2) is 0 Å². The molecule has 29 heavy (non-hydrogen) atoms. The molecule has 7 heteroatoms. The lowest BCUT2D eigenvalue weighted by molar-refractivity contribution is -0.147. The van der Waals surface area contributed by atoms with Crippen LogP contribution >= 0.6 is 0 Å². The fourth-order valence-electron chi connectivity index (χ4n) is 4.30. The third kappa shape index (κ3) is 6.61. The molecule has 0 bridgehead atoms. The third-order valence-corrected chi connectivity index (χ3v) is 5.88. The van der Waals surface area contributed by atoms with Crippen molar-refractivity contribution in [3.05, 3.63) is 0 Å². The average molecular weight is 409 g/mol. The van der Waals surface area contributed by atoms with E-state index in [0.717, 1.165) is 25.7 Å². The Morgan fingerprint density at radius 2 is 1.62 bits per heavy atom. The molecule has 166 valence electrons. The van der Waals surface area contributed by atoms with E-state index in [0.29, 0.717) is 19.6 Å². The molecule has 2 atom stereocenters. The summed E-state index contributed by atoms with van der Waals surface area (Å²) in [5.74, 6) is 0.318. The molecule has 0 aromatic heterocycles. The van der Waals surface area contributed by atoms with E-state index >= 15 is 0 Å². The second-order valence-electron chi connectivity index (χ2n) is 10.1. The van der Waals surface area contributed by atoms with Gasteiger partial charge in [0, 0.05) is 37.1 Å². The number of carbonyl (C=O) groups is 3. The van der Waals surface area contributed by atoms with Gasteiger partial charge in [0.2, 0.25) is 11.8 Å². The van der Waals surface area contributed by atoms with Gasteiger partial charge in [0.05, 0.1) is 0 Å². The number of hydrogen-bond acceptors (Lipinski definition) is 3. The average Bonchev–Trinajstić information content (AvgIpc) is 2.64. The van der Waals surface area contributed by atoms with Crippen LogP contribution in [0.25, 0.3) is 0 Å². The SMILES string of the molecule is CC(C)C(NC(=O)NC(C)(C)C)C(=O)N1CCN(C(=O)C2CCCCC2)C(C)C1. The van der Waals surface area contributed by atoms with Gasteiger partial charge in [-0.25, -0.2) is 4.79 Å². The van der Waals surface area contributed by atoms with Crippen LogP contribution in [0, 0.1) is 11.8 Å². The molecular weight excluding hydrogens is 368 g/mol. The van der Waals surface area contributed by atoms with Crippen LogP contribution in [-0.2, 0) is 9.59 Å². The Kier molecular flexibility index (Phi) is 7.94. The number of nitrogens with zero attached hydrogens (tertiary/aromatic N) is 2. The minimum atomic E-state index is -0.579. The zero-order valence-corrected chi connectivity index (χ0v) is 19.1. The number of hydrogen-bond donors (Lipinski definition) is 2. The number of carbonyl (C=O) groups excluding carboxylic acids is 3. The highest BCUT2D eigenvalue weighted by molar-refractivity contribution is 5.88. The van der Waals surface area contributed by atoms with Gasteiger partial charge in [-0.1, -0.05) is 33.1 Å². The first-order valence-corrected chi connectivity index (χ1v) is 11.2. The second-order valence-corrected chi connectivity index (χ2v) is 10.1. The van der Waals surface area contributed by atoms with E-state index in [1.165, 1.54) is 6.42 Å². The molecule has 2 N–H and O–H groups in total. The van der Waals surface area contributed by atoms with E-state index in [1.807, 2.05) is 46.4 Å². The lowest BCUT2D eigenvalue weighted by atomic mass is 9.87. The van der Waals surface area contributed by atoms with Crippen molar-refractivity contribution in [3.8, 4) is 0 Å². The summed E-state index contributed by atoms with van der Waals surface area (Å²) in [6.07, 6.45) is 5.50.